The van der Waals surface area contributed by atoms with Gasteiger partial charge < -0.3 is 9.84 Å². The molecule has 4 nitrogen and oxygen atoms in total. The number of nitrogens with one attached hydrogen (secondary N) is 1. The second kappa shape index (κ2) is 4.75. The van der Waals surface area contributed by atoms with Crippen LogP contribution in [0.5, 0.6) is 0 Å². The molecule has 1 rings (SSSR count). The minimum atomic E-state index is -0.0386. The molecule has 4 heteroatoms. The zero-order valence-electron chi connectivity index (χ0n) is 10.3. The minimum Gasteiger partial charge on any atom is -0.339 e. The van der Waals surface area contributed by atoms with Gasteiger partial charge in [-0.2, -0.15) is 4.98 Å². The van der Waals surface area contributed by atoms with E-state index in [-0.39, 0.29) is 5.41 Å². The Bertz CT molecular complexity index is 297. The van der Waals surface area contributed by atoms with Gasteiger partial charge in [-0.3, -0.25) is 0 Å². The highest BCUT2D eigenvalue weighted by Crippen LogP contribution is 2.18. The van der Waals surface area contributed by atoms with Crippen LogP contribution in [0.3, 0.4) is 0 Å². The fourth-order valence-electron chi connectivity index (χ4n) is 1.30. The van der Waals surface area contributed by atoms with Crippen LogP contribution in [0.25, 0.3) is 0 Å². The Balaban J connectivity index is 2.68. The van der Waals surface area contributed by atoms with Gasteiger partial charge in [0.1, 0.15) is 0 Å². The van der Waals surface area contributed by atoms with Gasteiger partial charge in [0, 0.05) is 17.9 Å². The van der Waals surface area contributed by atoms with Crippen molar-refractivity contribution >= 4 is 0 Å². The Hall–Kier alpha value is -0.900. The lowest BCUT2D eigenvalue weighted by Gasteiger charge is -2.11. The summed E-state index contributed by atoms with van der Waals surface area (Å²) in [6, 6.07) is 0.415. The van der Waals surface area contributed by atoms with Gasteiger partial charge in [0.2, 0.25) is 5.89 Å². The molecule has 1 N–H and O–H groups in total. The normalized spacial score (nSPS) is 14.2. The highest BCUT2D eigenvalue weighted by molar-refractivity contribution is 5.00. The Labute approximate surface area is 91.5 Å². The van der Waals surface area contributed by atoms with Crippen LogP contribution in [0.1, 0.15) is 45.8 Å². The summed E-state index contributed by atoms with van der Waals surface area (Å²) >= 11 is 0. The Morgan fingerprint density at radius 2 is 2.07 bits per heavy atom. The van der Waals surface area contributed by atoms with Crippen LogP contribution in [-0.2, 0) is 11.8 Å². The second-order valence-electron chi connectivity index (χ2n) is 4.86. The fourth-order valence-corrected chi connectivity index (χ4v) is 1.30. The molecule has 0 spiro atoms. The molecule has 0 aliphatic rings. The Morgan fingerprint density at radius 1 is 1.40 bits per heavy atom. The van der Waals surface area contributed by atoms with E-state index < -0.39 is 0 Å². The molecule has 0 amide bonds. The van der Waals surface area contributed by atoms with E-state index in [0.717, 1.165) is 24.6 Å². The van der Waals surface area contributed by atoms with Gasteiger partial charge >= 0.3 is 0 Å². The largest absolute Gasteiger partial charge is 0.339 e. The number of hydrogen-bond acceptors (Lipinski definition) is 4. The zero-order valence-corrected chi connectivity index (χ0v) is 10.3. The van der Waals surface area contributed by atoms with Crippen LogP contribution in [0.15, 0.2) is 4.52 Å². The third kappa shape index (κ3) is 3.30. The number of nitrogens with zero attached hydrogens (tertiary/aromatic N) is 2. The lowest BCUT2D eigenvalue weighted by atomic mass is 9.96. The molecule has 0 aliphatic carbocycles. The first-order valence-corrected chi connectivity index (χ1v) is 5.47. The van der Waals surface area contributed by atoms with Crippen molar-refractivity contribution in [2.75, 3.05) is 7.05 Å². The van der Waals surface area contributed by atoms with E-state index in [0.29, 0.717) is 6.04 Å². The summed E-state index contributed by atoms with van der Waals surface area (Å²) in [5, 5.41) is 7.22. The van der Waals surface area contributed by atoms with E-state index in [4.69, 9.17) is 4.52 Å². The quantitative estimate of drug-likeness (QED) is 0.826. The van der Waals surface area contributed by atoms with Crippen molar-refractivity contribution in [3.05, 3.63) is 11.7 Å². The van der Waals surface area contributed by atoms with Crippen molar-refractivity contribution in [1.82, 2.24) is 15.5 Å². The maximum atomic E-state index is 5.22. The number of hydrogen-bond donors (Lipinski definition) is 1. The van der Waals surface area contributed by atoms with E-state index in [1.165, 1.54) is 0 Å². The summed E-state index contributed by atoms with van der Waals surface area (Å²) in [6.07, 6.45) is 1.86. The molecule has 0 saturated carbocycles. The van der Waals surface area contributed by atoms with E-state index >= 15 is 0 Å². The lowest BCUT2D eigenvalue weighted by molar-refractivity contribution is 0.348. The second-order valence-corrected chi connectivity index (χ2v) is 4.86. The van der Waals surface area contributed by atoms with Crippen LogP contribution < -0.4 is 5.32 Å². The third-order valence-electron chi connectivity index (χ3n) is 2.46. The highest BCUT2D eigenvalue weighted by atomic mass is 16.5. The summed E-state index contributed by atoms with van der Waals surface area (Å²) in [4.78, 5) is 4.40. The molecule has 1 aromatic heterocycles. The summed E-state index contributed by atoms with van der Waals surface area (Å²) in [7, 11) is 1.95. The average molecular weight is 211 g/mol. The van der Waals surface area contributed by atoms with Crippen molar-refractivity contribution in [1.29, 1.82) is 0 Å². The predicted molar refractivity (Wildman–Crippen MR) is 59.8 cm³/mol. The molecule has 86 valence electrons. The van der Waals surface area contributed by atoms with Gasteiger partial charge in [-0.15, -0.1) is 0 Å². The predicted octanol–water partition coefficient (Wildman–Crippen LogP) is 1.91. The van der Waals surface area contributed by atoms with Crippen LogP contribution in [0, 0.1) is 0 Å². The standard InChI is InChI=1S/C11H21N3O/c1-6-8(12-5)7-9-13-10(14-15-9)11(2,3)4/h8,12H,6-7H2,1-5H3. The van der Waals surface area contributed by atoms with Crippen molar-refractivity contribution in [3.63, 3.8) is 0 Å². The van der Waals surface area contributed by atoms with Crippen LogP contribution in [0.4, 0.5) is 0 Å². The van der Waals surface area contributed by atoms with Gasteiger partial charge in [0.15, 0.2) is 5.82 Å². The molecule has 0 radical (unpaired) electrons. The molecule has 1 heterocycles. The van der Waals surface area contributed by atoms with Gasteiger partial charge in [-0.05, 0) is 13.5 Å². The van der Waals surface area contributed by atoms with Gasteiger partial charge in [-0.1, -0.05) is 32.9 Å². The summed E-state index contributed by atoms with van der Waals surface area (Å²) in [6.45, 7) is 8.38. The molecule has 1 aromatic rings. The van der Waals surface area contributed by atoms with E-state index in [9.17, 15) is 0 Å². The lowest BCUT2D eigenvalue weighted by Crippen LogP contribution is -2.26. The summed E-state index contributed by atoms with van der Waals surface area (Å²) in [5.41, 5.74) is -0.0386. The summed E-state index contributed by atoms with van der Waals surface area (Å²) in [5.74, 6) is 1.50. The fraction of sp³-hybridized carbons (Fsp3) is 0.818. The Morgan fingerprint density at radius 3 is 2.47 bits per heavy atom. The van der Waals surface area contributed by atoms with Gasteiger partial charge in [-0.25, -0.2) is 0 Å². The number of rotatable bonds is 4. The topological polar surface area (TPSA) is 51.0 Å². The Kier molecular flexibility index (Phi) is 3.85. The maximum absolute atomic E-state index is 5.22. The summed E-state index contributed by atoms with van der Waals surface area (Å²) < 4.78 is 5.22. The molecular formula is C11H21N3O. The van der Waals surface area contributed by atoms with Crippen molar-refractivity contribution in [3.8, 4) is 0 Å². The zero-order chi connectivity index (χ0) is 11.5. The minimum absolute atomic E-state index is 0.0386. The molecule has 0 aliphatic heterocycles. The average Bonchev–Trinajstić information content (AvgIpc) is 2.61. The molecule has 1 atom stereocenters. The molecule has 0 saturated heterocycles. The van der Waals surface area contributed by atoms with Crippen molar-refractivity contribution in [2.24, 2.45) is 0 Å². The van der Waals surface area contributed by atoms with Crippen LogP contribution >= 0.6 is 0 Å². The van der Waals surface area contributed by atoms with Crippen molar-refractivity contribution < 1.29 is 4.52 Å². The highest BCUT2D eigenvalue weighted by Gasteiger charge is 2.21. The molecule has 15 heavy (non-hydrogen) atoms. The van der Waals surface area contributed by atoms with E-state index in [1.807, 2.05) is 7.05 Å². The first-order valence-electron chi connectivity index (χ1n) is 5.47. The van der Waals surface area contributed by atoms with Crippen LogP contribution in [-0.4, -0.2) is 23.2 Å². The first kappa shape index (κ1) is 12.2. The smallest absolute Gasteiger partial charge is 0.228 e. The van der Waals surface area contributed by atoms with Crippen LogP contribution in [0.2, 0.25) is 0 Å². The SMILES string of the molecule is CCC(Cc1nc(C(C)(C)C)no1)NC. The van der Waals surface area contributed by atoms with Crippen molar-refractivity contribution in [2.45, 2.75) is 52.0 Å². The molecule has 0 aromatic carbocycles. The molecule has 0 bridgehead atoms. The first-order chi connectivity index (χ1) is 6.97. The van der Waals surface area contributed by atoms with Gasteiger partial charge in [0.25, 0.3) is 0 Å². The number of likely N-dealkylation sites (N-methyl/N-ethyl adjacent to an activating group) is 1. The maximum Gasteiger partial charge on any atom is 0.228 e. The van der Waals surface area contributed by atoms with E-state index in [2.05, 4.69) is 43.2 Å². The van der Waals surface area contributed by atoms with E-state index in [1.54, 1.807) is 0 Å². The molecule has 0 fully saturated rings. The third-order valence-corrected chi connectivity index (χ3v) is 2.46. The molecule has 1 unspecified atom stereocenters. The monoisotopic (exact) mass is 211 g/mol. The number of aromatic nitrogens is 2. The molecular weight excluding hydrogens is 190 g/mol. The van der Waals surface area contributed by atoms with Gasteiger partial charge in [0.05, 0.1) is 0 Å².